The van der Waals surface area contributed by atoms with Crippen molar-refractivity contribution in [2.24, 2.45) is 0 Å². The Morgan fingerprint density at radius 1 is 0.380 bits per heavy atom. The minimum atomic E-state index is 0.664. The van der Waals surface area contributed by atoms with E-state index in [-0.39, 0.29) is 0 Å². The van der Waals surface area contributed by atoms with Gasteiger partial charge in [0.15, 0.2) is 17.5 Å². The van der Waals surface area contributed by atoms with Crippen LogP contribution in [0.5, 0.6) is 0 Å². The average Bonchev–Trinajstić information content (AvgIpc) is 3.74. The lowest BCUT2D eigenvalue weighted by Gasteiger charge is -2.08. The van der Waals surface area contributed by atoms with Crippen molar-refractivity contribution < 1.29 is 0 Å². The first kappa shape index (κ1) is 28.6. The summed E-state index contributed by atoms with van der Waals surface area (Å²) in [6.07, 6.45) is 0. The van der Waals surface area contributed by atoms with Crippen molar-refractivity contribution in [1.82, 2.24) is 19.5 Å². The molecule has 10 rings (SSSR count). The van der Waals surface area contributed by atoms with E-state index in [9.17, 15) is 0 Å². The van der Waals surface area contributed by atoms with Crippen LogP contribution in [-0.2, 0) is 0 Å². The summed E-state index contributed by atoms with van der Waals surface area (Å²) < 4.78 is 4.84. The first-order valence-corrected chi connectivity index (χ1v) is 17.5. The molecule has 0 bridgehead atoms. The van der Waals surface area contributed by atoms with Crippen LogP contribution in [0.15, 0.2) is 170 Å². The highest BCUT2D eigenvalue weighted by atomic mass is 32.1. The van der Waals surface area contributed by atoms with Crippen LogP contribution >= 0.6 is 11.3 Å². The molecule has 0 aliphatic heterocycles. The molecular weight excluding hydrogens is 629 g/mol. The van der Waals surface area contributed by atoms with Gasteiger partial charge in [0.25, 0.3) is 0 Å². The van der Waals surface area contributed by atoms with Gasteiger partial charge in [0.05, 0.1) is 11.0 Å². The fourth-order valence-electron chi connectivity index (χ4n) is 7.10. The van der Waals surface area contributed by atoms with Crippen molar-refractivity contribution in [1.29, 1.82) is 0 Å². The minimum Gasteiger partial charge on any atom is -0.309 e. The van der Waals surface area contributed by atoms with Gasteiger partial charge in [-0.1, -0.05) is 133 Å². The van der Waals surface area contributed by atoms with Crippen LogP contribution in [0, 0.1) is 0 Å². The molecule has 3 aromatic heterocycles. The highest BCUT2D eigenvalue weighted by molar-refractivity contribution is 7.26. The molecular formula is C45H28N4S. The Hall–Kier alpha value is -6.43. The van der Waals surface area contributed by atoms with Gasteiger partial charge in [-0.05, 0) is 47.5 Å². The summed E-state index contributed by atoms with van der Waals surface area (Å²) in [6.45, 7) is 0. The smallest absolute Gasteiger partial charge is 0.164 e. The van der Waals surface area contributed by atoms with E-state index in [0.717, 1.165) is 16.7 Å². The molecule has 0 spiro atoms. The number of thiophene rings is 1. The maximum Gasteiger partial charge on any atom is 0.164 e. The van der Waals surface area contributed by atoms with Crippen LogP contribution in [-0.4, -0.2) is 19.5 Å². The van der Waals surface area contributed by atoms with Gasteiger partial charge in [0.2, 0.25) is 0 Å². The zero-order valence-corrected chi connectivity index (χ0v) is 27.7. The second-order valence-corrected chi connectivity index (χ2v) is 13.5. The molecule has 0 fully saturated rings. The highest BCUT2D eigenvalue weighted by Gasteiger charge is 2.17. The van der Waals surface area contributed by atoms with E-state index in [0.29, 0.717) is 17.5 Å². The van der Waals surface area contributed by atoms with Crippen LogP contribution in [0.3, 0.4) is 0 Å². The van der Waals surface area contributed by atoms with Gasteiger partial charge in [0.1, 0.15) is 0 Å². The Labute approximate surface area is 292 Å². The largest absolute Gasteiger partial charge is 0.309 e. The first-order valence-electron chi connectivity index (χ1n) is 16.7. The van der Waals surface area contributed by atoms with Crippen molar-refractivity contribution in [2.75, 3.05) is 0 Å². The van der Waals surface area contributed by atoms with E-state index in [1.807, 2.05) is 72.0 Å². The lowest BCUT2D eigenvalue weighted by atomic mass is 10.0. The molecule has 0 aliphatic carbocycles. The number of rotatable bonds is 5. The van der Waals surface area contributed by atoms with Crippen molar-refractivity contribution in [3.63, 3.8) is 0 Å². The van der Waals surface area contributed by atoms with Crippen LogP contribution in [0.25, 0.3) is 93.0 Å². The number of hydrogen-bond acceptors (Lipinski definition) is 4. The summed E-state index contributed by atoms with van der Waals surface area (Å²) >= 11 is 1.83. The third-order valence-corrected chi connectivity index (χ3v) is 10.7. The Morgan fingerprint density at radius 2 is 0.960 bits per heavy atom. The van der Waals surface area contributed by atoms with Gasteiger partial charge < -0.3 is 4.57 Å². The highest BCUT2D eigenvalue weighted by Crippen LogP contribution is 2.43. The minimum absolute atomic E-state index is 0.664. The van der Waals surface area contributed by atoms with Crippen molar-refractivity contribution in [3.05, 3.63) is 170 Å². The third kappa shape index (κ3) is 4.71. The second kappa shape index (κ2) is 11.6. The number of para-hydroxylation sites is 2. The van der Waals surface area contributed by atoms with E-state index in [2.05, 4.69) is 114 Å². The zero-order chi connectivity index (χ0) is 33.0. The lowest BCUT2D eigenvalue weighted by molar-refractivity contribution is 1.07. The van der Waals surface area contributed by atoms with E-state index < -0.39 is 0 Å². The normalized spacial score (nSPS) is 11.6. The van der Waals surface area contributed by atoms with E-state index in [4.69, 9.17) is 15.0 Å². The Kier molecular flexibility index (Phi) is 6.64. The standard InChI is InChI=1S/C45H28N4S/c1-4-13-29(14-5-1)43-46-44(30-15-6-2-7-16-30)48-45(47-43)32-23-25-36-37-21-12-20-34(42(37)50-41(36)28-32)31-24-26-40-38(27-31)35-19-10-11-22-39(35)49(40)33-17-8-3-9-18-33/h1-28H. The van der Waals surface area contributed by atoms with E-state index in [1.54, 1.807) is 0 Å². The number of benzene rings is 7. The van der Waals surface area contributed by atoms with Crippen LogP contribution in [0.1, 0.15) is 0 Å². The predicted molar refractivity (Wildman–Crippen MR) is 209 cm³/mol. The number of hydrogen-bond donors (Lipinski definition) is 0. The monoisotopic (exact) mass is 656 g/mol. The van der Waals surface area contributed by atoms with Gasteiger partial charge in [-0.3, -0.25) is 0 Å². The molecule has 10 aromatic rings. The summed E-state index contributed by atoms with van der Waals surface area (Å²) in [4.78, 5) is 14.8. The first-order chi connectivity index (χ1) is 24.8. The Morgan fingerprint density at radius 3 is 1.68 bits per heavy atom. The lowest BCUT2D eigenvalue weighted by Crippen LogP contribution is -1.99. The van der Waals surface area contributed by atoms with E-state index in [1.165, 1.54) is 58.8 Å². The van der Waals surface area contributed by atoms with Crippen LogP contribution in [0.2, 0.25) is 0 Å². The summed E-state index contributed by atoms with van der Waals surface area (Å²) in [5.41, 5.74) is 8.93. The van der Waals surface area contributed by atoms with Crippen molar-refractivity contribution in [3.8, 4) is 51.0 Å². The van der Waals surface area contributed by atoms with Crippen molar-refractivity contribution >= 4 is 53.3 Å². The van der Waals surface area contributed by atoms with Gasteiger partial charge in [-0.25, -0.2) is 15.0 Å². The molecule has 0 unspecified atom stereocenters. The molecule has 3 heterocycles. The summed E-state index contributed by atoms with van der Waals surface area (Å²) in [6, 6.07) is 59.7. The quantitative estimate of drug-likeness (QED) is 0.185. The molecule has 0 radical (unpaired) electrons. The van der Waals surface area contributed by atoms with Gasteiger partial charge in [-0.2, -0.15) is 0 Å². The number of aromatic nitrogens is 4. The molecule has 0 saturated heterocycles. The SMILES string of the molecule is c1ccc(-c2nc(-c3ccccc3)nc(-c3ccc4c(c3)sc3c(-c5ccc6c(c5)c5ccccc5n6-c5ccccc5)cccc34)n2)cc1. The summed E-state index contributed by atoms with van der Waals surface area (Å²) in [5, 5.41) is 4.99. The predicted octanol–water partition coefficient (Wildman–Crippen LogP) is 12.0. The zero-order valence-electron chi connectivity index (χ0n) is 26.9. The molecule has 50 heavy (non-hydrogen) atoms. The molecule has 0 N–H and O–H groups in total. The molecule has 5 heteroatoms. The molecule has 0 atom stereocenters. The fraction of sp³-hybridized carbons (Fsp3) is 0. The van der Waals surface area contributed by atoms with Crippen molar-refractivity contribution in [2.45, 2.75) is 0 Å². The van der Waals surface area contributed by atoms with Crippen LogP contribution in [0.4, 0.5) is 0 Å². The molecule has 0 aliphatic rings. The maximum atomic E-state index is 4.98. The van der Waals surface area contributed by atoms with Gasteiger partial charge >= 0.3 is 0 Å². The topological polar surface area (TPSA) is 43.6 Å². The molecule has 0 saturated carbocycles. The Balaban J connectivity index is 1.12. The van der Waals surface area contributed by atoms with Gasteiger partial charge in [0, 0.05) is 53.3 Å². The second-order valence-electron chi connectivity index (χ2n) is 12.5. The molecule has 7 aromatic carbocycles. The molecule has 0 amide bonds. The summed E-state index contributed by atoms with van der Waals surface area (Å²) in [7, 11) is 0. The summed E-state index contributed by atoms with van der Waals surface area (Å²) in [5.74, 6) is 1.99. The number of fused-ring (bicyclic) bond motifs is 6. The van der Waals surface area contributed by atoms with Crippen LogP contribution < -0.4 is 0 Å². The average molecular weight is 657 g/mol. The molecule has 4 nitrogen and oxygen atoms in total. The Bertz CT molecular complexity index is 2800. The van der Waals surface area contributed by atoms with Gasteiger partial charge in [-0.15, -0.1) is 11.3 Å². The third-order valence-electron chi connectivity index (χ3n) is 9.45. The number of nitrogens with zero attached hydrogens (tertiary/aromatic N) is 4. The molecule has 234 valence electrons. The van der Waals surface area contributed by atoms with E-state index >= 15 is 0 Å². The fourth-order valence-corrected chi connectivity index (χ4v) is 8.38. The maximum absolute atomic E-state index is 4.98.